The summed E-state index contributed by atoms with van der Waals surface area (Å²) >= 11 is 3.19. The number of rotatable bonds is 8. The summed E-state index contributed by atoms with van der Waals surface area (Å²) in [6.07, 6.45) is 0. The fourth-order valence-corrected chi connectivity index (χ4v) is 4.90. The van der Waals surface area contributed by atoms with Crippen LogP contribution in [0.5, 0.6) is 5.75 Å². The van der Waals surface area contributed by atoms with Crippen molar-refractivity contribution in [1.82, 2.24) is 20.1 Å². The van der Waals surface area contributed by atoms with Crippen molar-refractivity contribution >= 4 is 28.6 Å². The Morgan fingerprint density at radius 3 is 2.81 bits per heavy atom. The molecule has 1 N–H and O–H groups in total. The van der Waals surface area contributed by atoms with Crippen LogP contribution in [-0.4, -0.2) is 33.8 Å². The van der Waals surface area contributed by atoms with Crippen molar-refractivity contribution < 1.29 is 9.53 Å². The maximum absolute atomic E-state index is 12.3. The molecule has 0 aliphatic rings. The van der Waals surface area contributed by atoms with Crippen molar-refractivity contribution in [2.75, 3.05) is 13.2 Å². The van der Waals surface area contributed by atoms with Crippen LogP contribution in [0, 0.1) is 13.8 Å². The summed E-state index contributed by atoms with van der Waals surface area (Å²) in [7, 11) is 0. The van der Waals surface area contributed by atoms with Crippen LogP contribution in [-0.2, 0) is 11.3 Å². The molecule has 0 saturated heterocycles. The molecule has 0 bridgehead atoms. The summed E-state index contributed by atoms with van der Waals surface area (Å²) in [4.78, 5) is 31.0. The number of amides is 1. The van der Waals surface area contributed by atoms with Crippen molar-refractivity contribution in [3.05, 3.63) is 75.5 Å². The van der Waals surface area contributed by atoms with E-state index in [2.05, 4.69) is 15.4 Å². The van der Waals surface area contributed by atoms with Gasteiger partial charge in [0.25, 0.3) is 11.5 Å². The molecule has 3 heterocycles. The Bertz CT molecular complexity index is 1280. The van der Waals surface area contributed by atoms with E-state index in [0.29, 0.717) is 11.4 Å². The fourth-order valence-electron chi connectivity index (χ4n) is 3.08. The Morgan fingerprint density at radius 2 is 2.03 bits per heavy atom. The normalized spacial score (nSPS) is 10.8. The molecule has 0 aliphatic heterocycles. The predicted molar refractivity (Wildman–Crippen MR) is 127 cm³/mol. The van der Waals surface area contributed by atoms with E-state index >= 15 is 0 Å². The predicted octanol–water partition coefficient (Wildman–Crippen LogP) is 3.91. The Morgan fingerprint density at radius 1 is 1.16 bits per heavy atom. The van der Waals surface area contributed by atoms with Gasteiger partial charge in [-0.25, -0.2) is 9.67 Å². The largest absolute Gasteiger partial charge is 0.484 e. The van der Waals surface area contributed by atoms with Crippen LogP contribution in [0.1, 0.15) is 11.3 Å². The first-order valence-corrected chi connectivity index (χ1v) is 11.8. The Hall–Kier alpha value is -3.30. The number of nitrogens with one attached hydrogen (secondary N) is 1. The third-order valence-corrected chi connectivity index (χ3v) is 6.85. The molecule has 164 valence electrons. The van der Waals surface area contributed by atoms with Crippen molar-refractivity contribution in [2.45, 2.75) is 20.4 Å². The van der Waals surface area contributed by atoms with Crippen molar-refractivity contribution in [2.24, 2.45) is 0 Å². The first kappa shape index (κ1) is 21.9. The van der Waals surface area contributed by atoms with E-state index < -0.39 is 0 Å². The molecular formula is C23H22N4O3S2. The zero-order valence-corrected chi connectivity index (χ0v) is 19.3. The monoisotopic (exact) mass is 466 g/mol. The van der Waals surface area contributed by atoms with E-state index in [1.54, 1.807) is 34.8 Å². The second kappa shape index (κ2) is 9.88. The molecule has 1 amide bonds. The number of aryl methyl sites for hydroxylation is 2. The number of ether oxygens (including phenoxy) is 1. The van der Waals surface area contributed by atoms with Crippen molar-refractivity contribution in [3.8, 4) is 26.2 Å². The SMILES string of the molecule is Cc1cccc(OCC(=O)NCCn2nc(-c3sc(-c4cccs4)nc3C)ccc2=O)c1. The van der Waals surface area contributed by atoms with Crippen LogP contribution in [0.4, 0.5) is 0 Å². The van der Waals surface area contributed by atoms with Gasteiger partial charge in [0, 0.05) is 12.6 Å². The second-order valence-electron chi connectivity index (χ2n) is 7.15. The van der Waals surface area contributed by atoms with Crippen LogP contribution in [0.2, 0.25) is 0 Å². The standard InChI is InChI=1S/C23H22N4O3S2/c1-15-5-3-6-17(13-15)30-14-20(28)24-10-11-27-21(29)9-8-18(26-27)22-16(2)25-23(32-22)19-7-4-12-31-19/h3-9,12-13H,10-11,14H2,1-2H3,(H,24,28). The van der Waals surface area contributed by atoms with Crippen LogP contribution in [0.15, 0.2) is 58.7 Å². The van der Waals surface area contributed by atoms with Gasteiger partial charge in [-0.05, 0) is 49.1 Å². The zero-order chi connectivity index (χ0) is 22.5. The second-order valence-corrected chi connectivity index (χ2v) is 9.09. The first-order valence-electron chi connectivity index (χ1n) is 10.1. The molecule has 7 nitrogen and oxygen atoms in total. The lowest BCUT2D eigenvalue weighted by Crippen LogP contribution is -2.34. The van der Waals surface area contributed by atoms with Gasteiger partial charge in [0.05, 0.1) is 22.0 Å². The Kier molecular flexibility index (Phi) is 6.77. The molecule has 4 rings (SSSR count). The summed E-state index contributed by atoms with van der Waals surface area (Å²) in [5.74, 6) is 0.391. The lowest BCUT2D eigenvalue weighted by molar-refractivity contribution is -0.123. The van der Waals surface area contributed by atoms with Gasteiger partial charge >= 0.3 is 0 Å². The molecule has 0 saturated carbocycles. The van der Waals surface area contributed by atoms with E-state index in [-0.39, 0.29) is 31.2 Å². The minimum absolute atomic E-state index is 0.0859. The molecule has 0 atom stereocenters. The maximum atomic E-state index is 12.3. The number of thiazole rings is 1. The number of hydrogen-bond donors (Lipinski definition) is 1. The van der Waals surface area contributed by atoms with E-state index in [1.165, 1.54) is 10.7 Å². The smallest absolute Gasteiger partial charge is 0.266 e. The lowest BCUT2D eigenvalue weighted by Gasteiger charge is -2.09. The first-order chi connectivity index (χ1) is 15.5. The highest BCUT2D eigenvalue weighted by atomic mass is 32.1. The molecule has 0 spiro atoms. The number of benzene rings is 1. The van der Waals surface area contributed by atoms with Crippen molar-refractivity contribution in [1.29, 1.82) is 0 Å². The Labute approximate surface area is 193 Å². The van der Waals surface area contributed by atoms with Crippen LogP contribution < -0.4 is 15.6 Å². The highest BCUT2D eigenvalue weighted by Gasteiger charge is 2.14. The van der Waals surface area contributed by atoms with Gasteiger partial charge < -0.3 is 10.1 Å². The molecular weight excluding hydrogens is 444 g/mol. The molecule has 0 fully saturated rings. The third-order valence-electron chi connectivity index (χ3n) is 4.63. The van der Waals surface area contributed by atoms with Crippen LogP contribution >= 0.6 is 22.7 Å². The molecule has 1 aromatic carbocycles. The zero-order valence-electron chi connectivity index (χ0n) is 17.7. The van der Waals surface area contributed by atoms with E-state index in [4.69, 9.17) is 4.74 Å². The number of carbonyl (C=O) groups excluding carboxylic acids is 1. The number of thiophene rings is 1. The maximum Gasteiger partial charge on any atom is 0.266 e. The number of nitrogens with zero attached hydrogens (tertiary/aromatic N) is 3. The average molecular weight is 467 g/mol. The molecule has 0 unspecified atom stereocenters. The van der Waals surface area contributed by atoms with Crippen LogP contribution in [0.25, 0.3) is 20.5 Å². The fraction of sp³-hybridized carbons (Fsp3) is 0.217. The summed E-state index contributed by atoms with van der Waals surface area (Å²) in [6.45, 7) is 4.35. The van der Waals surface area contributed by atoms with Gasteiger partial charge in [0.1, 0.15) is 16.5 Å². The number of hydrogen-bond acceptors (Lipinski definition) is 7. The average Bonchev–Trinajstić information content (AvgIpc) is 3.44. The van der Waals surface area contributed by atoms with Gasteiger partial charge in [-0.3, -0.25) is 9.59 Å². The number of carbonyl (C=O) groups is 1. The summed E-state index contributed by atoms with van der Waals surface area (Å²) in [5, 5.41) is 10.2. The van der Waals surface area contributed by atoms with E-state index in [0.717, 1.165) is 26.0 Å². The lowest BCUT2D eigenvalue weighted by atomic mass is 10.2. The highest BCUT2D eigenvalue weighted by molar-refractivity contribution is 7.23. The molecule has 32 heavy (non-hydrogen) atoms. The van der Waals surface area contributed by atoms with Gasteiger partial charge in [0.15, 0.2) is 6.61 Å². The van der Waals surface area contributed by atoms with Gasteiger partial charge in [-0.2, -0.15) is 5.10 Å². The minimum Gasteiger partial charge on any atom is -0.484 e. The molecule has 4 aromatic rings. The summed E-state index contributed by atoms with van der Waals surface area (Å²) < 4.78 is 6.86. The van der Waals surface area contributed by atoms with Gasteiger partial charge in [0.2, 0.25) is 0 Å². The molecule has 9 heteroatoms. The molecule has 3 aromatic heterocycles. The topological polar surface area (TPSA) is 86.1 Å². The minimum atomic E-state index is -0.255. The summed E-state index contributed by atoms with van der Waals surface area (Å²) in [5.41, 5.74) is 2.40. The van der Waals surface area contributed by atoms with Gasteiger partial charge in [-0.1, -0.05) is 18.2 Å². The molecule has 0 radical (unpaired) electrons. The van der Waals surface area contributed by atoms with Gasteiger partial charge in [-0.15, -0.1) is 22.7 Å². The summed E-state index contributed by atoms with van der Waals surface area (Å²) in [6, 6.07) is 14.8. The third kappa shape index (κ3) is 5.30. The number of aromatic nitrogens is 3. The highest BCUT2D eigenvalue weighted by Crippen LogP contribution is 2.35. The Balaban J connectivity index is 1.37. The molecule has 0 aliphatic carbocycles. The quantitative estimate of drug-likeness (QED) is 0.426. The van der Waals surface area contributed by atoms with Crippen LogP contribution in [0.3, 0.4) is 0 Å². The van der Waals surface area contributed by atoms with E-state index in [9.17, 15) is 9.59 Å². The van der Waals surface area contributed by atoms with Crippen molar-refractivity contribution in [3.63, 3.8) is 0 Å². The van der Waals surface area contributed by atoms with E-state index in [1.807, 2.05) is 49.6 Å².